The molecule has 2 aromatic rings. The van der Waals surface area contributed by atoms with E-state index in [9.17, 15) is 57.2 Å². The Morgan fingerprint density at radius 3 is 2.37 bits per heavy atom. The van der Waals surface area contributed by atoms with Gasteiger partial charge in [0.2, 0.25) is 22.8 Å². The van der Waals surface area contributed by atoms with E-state index in [1.165, 1.54) is 5.38 Å². The topological polar surface area (TPSA) is 322 Å². The van der Waals surface area contributed by atoms with Crippen molar-refractivity contribution in [2.24, 2.45) is 5.16 Å². The minimum atomic E-state index is -5.15. The second-order valence-electron chi connectivity index (χ2n) is 9.99. The van der Waals surface area contributed by atoms with Crippen molar-refractivity contribution in [2.45, 2.75) is 50.9 Å². The lowest BCUT2D eigenvalue weighted by Gasteiger charge is -2.44. The van der Waals surface area contributed by atoms with Crippen molar-refractivity contribution in [1.29, 1.82) is 0 Å². The summed E-state index contributed by atoms with van der Waals surface area (Å²) in [6, 6.07) is -2.31. The Morgan fingerprint density at radius 1 is 1.17 bits per heavy atom. The van der Waals surface area contributed by atoms with Crippen LogP contribution in [0.15, 0.2) is 27.6 Å². The average Bonchev–Trinajstić information content (AvgIpc) is 3.38. The van der Waals surface area contributed by atoms with Crippen molar-refractivity contribution in [1.82, 2.24) is 30.0 Å². The molecule has 0 spiro atoms. The minimum absolute atomic E-state index is 0.00600. The van der Waals surface area contributed by atoms with Crippen LogP contribution in [0.3, 0.4) is 0 Å². The highest BCUT2D eigenvalue weighted by atomic mass is 32.2. The van der Waals surface area contributed by atoms with Crippen LogP contribution in [0.2, 0.25) is 0 Å². The monoisotopic (exact) mass is 688 g/mol. The number of rotatable bonds is 14. The van der Waals surface area contributed by atoms with Crippen molar-refractivity contribution < 1.29 is 57.2 Å². The number of pyridine rings is 1. The largest absolute Gasteiger partial charge is 0.503 e. The summed E-state index contributed by atoms with van der Waals surface area (Å²) in [6.07, 6.45) is -0.130. The van der Waals surface area contributed by atoms with Crippen molar-refractivity contribution in [3.05, 3.63) is 39.3 Å². The normalized spacial score (nSPS) is 16.7. The number of carboxylic acid groups (broad SMARTS) is 1. The van der Waals surface area contributed by atoms with Gasteiger partial charge in [0, 0.05) is 30.8 Å². The number of carbonyl (C=O) groups is 5. The van der Waals surface area contributed by atoms with Gasteiger partial charge in [0.15, 0.2) is 16.6 Å². The highest BCUT2D eigenvalue weighted by Gasteiger charge is 2.54. The van der Waals surface area contributed by atoms with E-state index in [4.69, 9.17) is 10.6 Å². The van der Waals surface area contributed by atoms with Crippen LogP contribution in [0.4, 0.5) is 5.13 Å². The van der Waals surface area contributed by atoms with Crippen molar-refractivity contribution in [2.75, 3.05) is 12.3 Å². The number of hydrogen-bond acceptors (Lipinski definition) is 15. The fourth-order valence-electron chi connectivity index (χ4n) is 3.67. The van der Waals surface area contributed by atoms with Crippen molar-refractivity contribution in [3.63, 3.8) is 0 Å². The second-order valence-corrected chi connectivity index (χ2v) is 12.2. The summed E-state index contributed by atoms with van der Waals surface area (Å²) >= 11 is 0.891. The number of carbonyl (C=O) groups excluding carboxylic acids is 4. The zero-order valence-corrected chi connectivity index (χ0v) is 25.5. The smallest absolute Gasteiger partial charge is 0.362 e. The molecule has 1 saturated heterocycles. The summed E-state index contributed by atoms with van der Waals surface area (Å²) in [7, 11) is -5.15. The van der Waals surface area contributed by atoms with Crippen LogP contribution in [0.1, 0.15) is 38.1 Å². The molecule has 3 rings (SSSR count). The van der Waals surface area contributed by atoms with Gasteiger partial charge in [-0.2, -0.15) is 13.1 Å². The zero-order chi connectivity index (χ0) is 34.6. The Balaban J connectivity index is 1.65. The summed E-state index contributed by atoms with van der Waals surface area (Å²) in [5.41, 5.74) is 2.03. The number of anilines is 1. The van der Waals surface area contributed by atoms with Crippen LogP contribution in [0, 0.1) is 0 Å². The number of nitrogens with zero attached hydrogens (tertiary/aromatic N) is 4. The summed E-state index contributed by atoms with van der Waals surface area (Å²) < 4.78 is 33.6. The number of oxime groups is 1. The molecular weight excluding hydrogens is 660 g/mol. The molecule has 3 heterocycles. The Hall–Kier alpha value is -5.29. The van der Waals surface area contributed by atoms with Crippen LogP contribution >= 0.6 is 11.3 Å². The molecule has 4 amide bonds. The van der Waals surface area contributed by atoms with Crippen LogP contribution < -0.4 is 27.1 Å². The fraction of sp³-hybridized carbons (Fsp3) is 0.391. The van der Waals surface area contributed by atoms with Crippen molar-refractivity contribution in [3.8, 4) is 5.75 Å². The van der Waals surface area contributed by atoms with E-state index in [1.807, 2.05) is 0 Å². The van der Waals surface area contributed by atoms with E-state index >= 15 is 0 Å². The maximum absolute atomic E-state index is 13.1. The summed E-state index contributed by atoms with van der Waals surface area (Å²) in [5.74, 6) is -6.10. The van der Waals surface area contributed by atoms with Gasteiger partial charge in [0.05, 0.1) is 24.5 Å². The molecule has 2 aromatic heterocycles. The number of nitrogen functional groups attached to an aromatic ring is 1. The third kappa shape index (κ3) is 8.45. The summed E-state index contributed by atoms with van der Waals surface area (Å²) in [4.78, 5) is 82.0. The Bertz CT molecular complexity index is 1750. The van der Waals surface area contributed by atoms with Gasteiger partial charge in [0.25, 0.3) is 11.8 Å². The molecular formula is C23H28N8O13S2. The Morgan fingerprint density at radius 2 is 1.80 bits per heavy atom. The number of thiazole rings is 1. The Kier molecular flexibility index (Phi) is 10.5. The molecule has 2 atom stereocenters. The van der Waals surface area contributed by atoms with Gasteiger partial charge in [-0.1, -0.05) is 5.16 Å². The molecule has 250 valence electrons. The van der Waals surface area contributed by atoms with Gasteiger partial charge >= 0.3 is 16.3 Å². The summed E-state index contributed by atoms with van der Waals surface area (Å²) in [5, 5.41) is 39.9. The first kappa shape index (κ1) is 35.2. The highest BCUT2D eigenvalue weighted by Crippen LogP contribution is 2.24. The predicted octanol–water partition coefficient (Wildman–Crippen LogP) is -2.87. The van der Waals surface area contributed by atoms with Gasteiger partial charge < -0.3 is 41.9 Å². The molecule has 23 heteroatoms. The van der Waals surface area contributed by atoms with Gasteiger partial charge in [-0.25, -0.2) is 14.1 Å². The van der Waals surface area contributed by atoms with E-state index in [0.717, 1.165) is 37.4 Å². The molecule has 1 aliphatic rings. The molecule has 0 radical (unpaired) electrons. The molecule has 1 aliphatic heterocycles. The lowest BCUT2D eigenvalue weighted by molar-refractivity contribution is -0.161. The first-order valence-corrected chi connectivity index (χ1v) is 15.1. The van der Waals surface area contributed by atoms with E-state index in [1.54, 1.807) is 0 Å². The molecule has 0 unspecified atom stereocenters. The van der Waals surface area contributed by atoms with Crippen molar-refractivity contribution >= 4 is 62.1 Å². The number of nitrogens with one attached hydrogen (secondary N) is 3. The quantitative estimate of drug-likeness (QED) is 0.0325. The fourth-order valence-corrected chi connectivity index (χ4v) is 5.10. The maximum atomic E-state index is 13.1. The molecule has 0 aromatic carbocycles. The molecule has 9 N–H and O–H groups in total. The number of β-lactam (4-membered cyclic amide) rings is 1. The number of hydrogen-bond donors (Lipinski definition) is 8. The Labute approximate surface area is 262 Å². The number of nitrogens with two attached hydrogens (primary N) is 1. The van der Waals surface area contributed by atoms with Gasteiger partial charge in [-0.3, -0.25) is 28.5 Å². The molecule has 0 bridgehead atoms. The van der Waals surface area contributed by atoms with E-state index < -0.39 is 93.9 Å². The number of aliphatic carboxylic acids is 1. The molecule has 0 saturated carbocycles. The number of aromatic hydroxyl groups is 1. The van der Waals surface area contributed by atoms with Crippen LogP contribution in [0.25, 0.3) is 0 Å². The van der Waals surface area contributed by atoms with Crippen LogP contribution in [-0.2, 0) is 45.7 Å². The number of aromatic nitrogens is 2. The van der Waals surface area contributed by atoms with E-state index in [-0.39, 0.29) is 27.4 Å². The number of carboxylic acids is 1. The lowest BCUT2D eigenvalue weighted by atomic mass is 9.98. The third-order valence-electron chi connectivity index (χ3n) is 6.21. The van der Waals surface area contributed by atoms with E-state index in [2.05, 4.69) is 26.1 Å². The minimum Gasteiger partial charge on any atom is -0.503 e. The van der Waals surface area contributed by atoms with Gasteiger partial charge in [-0.15, -0.1) is 11.3 Å². The maximum Gasteiger partial charge on any atom is 0.362 e. The second kappa shape index (κ2) is 13.8. The molecule has 21 nitrogen and oxygen atoms in total. The number of amides is 4. The third-order valence-corrected chi connectivity index (χ3v) is 7.83. The standard InChI is InChI=1S/C23H28N8O13S2/c1-23(2,21(38)39)44-29-17(11-9-45-22(24)27-11)19(36)28-18-12(31(20(18)37)46(41,42)43)7-26-16(35)4-3-15(34)25-6-10-5-13(32)14(33)8-30(10)40/h5,8-9,12,18,33,40H,3-4,6-7H2,1-2H3,(H2,24,27)(H,25,34)(H,26,35)(H,28,36)(H,38,39)(H,41,42,43)/t12-,18-/m0/s1. The highest BCUT2D eigenvalue weighted by molar-refractivity contribution is 7.84. The van der Waals surface area contributed by atoms with E-state index in [0.29, 0.717) is 4.73 Å². The molecule has 46 heavy (non-hydrogen) atoms. The van der Waals surface area contributed by atoms with Crippen LogP contribution in [0.5, 0.6) is 5.75 Å². The lowest BCUT2D eigenvalue weighted by Crippen LogP contribution is -2.74. The van der Waals surface area contributed by atoms with Gasteiger partial charge in [-0.05, 0) is 13.8 Å². The molecule has 1 fully saturated rings. The average molecular weight is 689 g/mol. The van der Waals surface area contributed by atoms with Gasteiger partial charge in [0.1, 0.15) is 11.7 Å². The zero-order valence-electron chi connectivity index (χ0n) is 23.9. The first-order valence-electron chi connectivity index (χ1n) is 12.8. The summed E-state index contributed by atoms with van der Waals surface area (Å²) in [6.45, 7) is 1.31. The van der Waals surface area contributed by atoms with Crippen LogP contribution in [-0.4, -0.2) is 102 Å². The first-order chi connectivity index (χ1) is 21.3. The molecule has 0 aliphatic carbocycles. The SMILES string of the molecule is CC(C)(ON=C(C(=O)N[C@@H]1C(=O)N(S(=O)(=O)O)[C@H]1CNC(=O)CCC(=O)NCc1cc(=O)c(O)cn1O)c1csc(N)n1)C(=O)O. The predicted molar refractivity (Wildman–Crippen MR) is 154 cm³/mol.